The number of sulfonamides is 1. The fourth-order valence-corrected chi connectivity index (χ4v) is 4.72. The van der Waals surface area contributed by atoms with Gasteiger partial charge in [-0.3, -0.25) is 9.52 Å². The second kappa shape index (κ2) is 11.7. The molecule has 0 fully saturated rings. The van der Waals surface area contributed by atoms with E-state index in [1.54, 1.807) is 42.1 Å². The van der Waals surface area contributed by atoms with Gasteiger partial charge in [-0.2, -0.15) is 11.8 Å². The molecule has 2 aromatic rings. The number of anilines is 2. The second-order valence-electron chi connectivity index (χ2n) is 6.38. The van der Waals surface area contributed by atoms with Gasteiger partial charge in [0.15, 0.2) is 0 Å². The third-order valence-corrected chi connectivity index (χ3v) is 6.48. The summed E-state index contributed by atoms with van der Waals surface area (Å²) in [7, 11) is -2.54. The van der Waals surface area contributed by atoms with Crippen LogP contribution < -0.4 is 19.5 Å². The van der Waals surface area contributed by atoms with Crippen LogP contribution in [0.25, 0.3) is 0 Å². The first-order valence-corrected chi connectivity index (χ1v) is 12.3. The van der Waals surface area contributed by atoms with Crippen molar-refractivity contribution in [3.05, 3.63) is 42.5 Å². The zero-order valence-corrected chi connectivity index (χ0v) is 19.1. The van der Waals surface area contributed by atoms with E-state index in [1.165, 1.54) is 19.2 Å². The monoisotopic (exact) mass is 452 g/mol. The summed E-state index contributed by atoms with van der Waals surface area (Å²) < 4.78 is 39.0. The summed E-state index contributed by atoms with van der Waals surface area (Å²) in [5, 5.41) is 2.74. The van der Waals surface area contributed by atoms with Crippen molar-refractivity contribution in [3.8, 4) is 11.5 Å². The minimum Gasteiger partial charge on any atom is -0.495 e. The van der Waals surface area contributed by atoms with Gasteiger partial charge in [-0.25, -0.2) is 8.42 Å². The van der Waals surface area contributed by atoms with Crippen LogP contribution in [0, 0.1) is 0 Å². The molecular weight excluding hydrogens is 424 g/mol. The first-order valence-electron chi connectivity index (χ1n) is 9.71. The molecule has 7 nitrogen and oxygen atoms in total. The highest BCUT2D eigenvalue weighted by Crippen LogP contribution is 2.29. The maximum atomic E-state index is 12.9. The van der Waals surface area contributed by atoms with E-state index in [0.717, 1.165) is 18.6 Å². The van der Waals surface area contributed by atoms with Crippen LogP contribution in [0.2, 0.25) is 0 Å². The number of nitrogens with one attached hydrogen (secondary N) is 2. The average molecular weight is 453 g/mol. The molecule has 0 aliphatic heterocycles. The number of thioether (sulfide) groups is 1. The van der Waals surface area contributed by atoms with Crippen molar-refractivity contribution in [2.75, 3.05) is 35.3 Å². The first-order chi connectivity index (χ1) is 14.4. The van der Waals surface area contributed by atoms with Crippen molar-refractivity contribution >= 4 is 39.1 Å². The highest BCUT2D eigenvalue weighted by Gasteiger charge is 2.21. The maximum Gasteiger partial charge on any atom is 0.265 e. The van der Waals surface area contributed by atoms with Crippen LogP contribution in [0.3, 0.4) is 0 Å². The molecule has 0 heterocycles. The molecule has 0 saturated heterocycles. The van der Waals surface area contributed by atoms with Gasteiger partial charge in [0.2, 0.25) is 5.91 Å². The summed E-state index contributed by atoms with van der Waals surface area (Å²) in [6.07, 6.45) is 2.13. The zero-order valence-electron chi connectivity index (χ0n) is 17.4. The summed E-state index contributed by atoms with van der Waals surface area (Å²) in [4.78, 5) is 12.1. The largest absolute Gasteiger partial charge is 0.495 e. The van der Waals surface area contributed by atoms with Crippen LogP contribution in [0.5, 0.6) is 11.5 Å². The number of amides is 1. The number of hydrogen-bond donors (Lipinski definition) is 2. The molecule has 1 amide bonds. The van der Waals surface area contributed by atoms with Crippen molar-refractivity contribution in [1.82, 2.24) is 0 Å². The zero-order chi connectivity index (χ0) is 22.0. The van der Waals surface area contributed by atoms with Gasteiger partial charge in [0.25, 0.3) is 10.0 Å². The molecular formula is C21H28N2O5S2. The van der Waals surface area contributed by atoms with Gasteiger partial charge in [-0.05, 0) is 61.6 Å². The Balaban J connectivity index is 2.15. The molecule has 164 valence electrons. The Bertz CT molecular complexity index is 931. The lowest BCUT2D eigenvalue weighted by Gasteiger charge is -2.14. The molecule has 0 aliphatic rings. The number of ether oxygens (including phenoxy) is 2. The number of methoxy groups -OCH3 is 1. The van der Waals surface area contributed by atoms with Crippen LogP contribution in [0.1, 0.15) is 26.7 Å². The second-order valence-corrected chi connectivity index (χ2v) is 9.14. The molecule has 0 saturated carbocycles. The highest BCUT2D eigenvalue weighted by atomic mass is 32.2. The third-order valence-electron chi connectivity index (χ3n) is 4.03. The lowest BCUT2D eigenvalue weighted by Crippen LogP contribution is -2.17. The summed E-state index contributed by atoms with van der Waals surface area (Å²) in [6.45, 7) is 4.50. The number of unbranched alkanes of at least 4 members (excludes halogenated alkanes) is 1. The molecule has 0 spiro atoms. The third kappa shape index (κ3) is 7.14. The minimum absolute atomic E-state index is 0.0599. The minimum atomic E-state index is -3.94. The lowest BCUT2D eigenvalue weighted by atomic mass is 10.3. The molecule has 0 unspecified atom stereocenters. The molecule has 0 aliphatic carbocycles. The SMILES string of the molecule is CCCCSCC(=O)Nc1ccc(OC)c(S(=O)(=O)Nc2ccc(OCC)cc2)c1. The number of carbonyl (C=O) groups excluding carboxylic acids is 1. The van der Waals surface area contributed by atoms with Crippen LogP contribution in [0.4, 0.5) is 11.4 Å². The number of carbonyl (C=O) groups is 1. The molecule has 9 heteroatoms. The predicted octanol–water partition coefficient (Wildman–Crippen LogP) is 4.37. The topological polar surface area (TPSA) is 93.7 Å². The lowest BCUT2D eigenvalue weighted by molar-refractivity contribution is -0.113. The number of hydrogen-bond acceptors (Lipinski definition) is 6. The number of benzene rings is 2. The van der Waals surface area contributed by atoms with E-state index in [1.807, 2.05) is 6.92 Å². The fourth-order valence-electron chi connectivity index (χ4n) is 2.57. The summed E-state index contributed by atoms with van der Waals surface area (Å²) in [6, 6.07) is 11.1. The predicted molar refractivity (Wildman–Crippen MR) is 122 cm³/mol. The molecule has 0 radical (unpaired) electrons. The van der Waals surface area contributed by atoms with E-state index in [-0.39, 0.29) is 16.6 Å². The smallest absolute Gasteiger partial charge is 0.265 e. The van der Waals surface area contributed by atoms with Crippen LogP contribution >= 0.6 is 11.8 Å². The standard InChI is InChI=1S/C21H28N2O5S2/c1-4-6-13-29-15-21(24)22-17-9-12-19(27-3)20(14-17)30(25,26)23-16-7-10-18(11-8-16)28-5-2/h7-12,14,23H,4-6,13,15H2,1-3H3,(H,22,24). The Kier molecular flexibility index (Phi) is 9.32. The Labute approximate surface area is 182 Å². The van der Waals surface area contributed by atoms with Crippen molar-refractivity contribution in [2.45, 2.75) is 31.6 Å². The van der Waals surface area contributed by atoms with Gasteiger partial charge in [0.05, 0.1) is 19.5 Å². The fraction of sp³-hybridized carbons (Fsp3) is 0.381. The van der Waals surface area contributed by atoms with Crippen molar-refractivity contribution in [1.29, 1.82) is 0 Å². The molecule has 30 heavy (non-hydrogen) atoms. The Hall–Kier alpha value is -2.39. The summed E-state index contributed by atoms with van der Waals surface area (Å²) in [5.41, 5.74) is 0.784. The molecule has 2 N–H and O–H groups in total. The van der Waals surface area contributed by atoms with Gasteiger partial charge in [0, 0.05) is 11.4 Å². The Morgan fingerprint density at radius 2 is 1.77 bits per heavy atom. The quantitative estimate of drug-likeness (QED) is 0.465. The Morgan fingerprint density at radius 1 is 1.07 bits per heavy atom. The van der Waals surface area contributed by atoms with E-state index in [2.05, 4.69) is 17.0 Å². The van der Waals surface area contributed by atoms with Crippen molar-refractivity contribution < 1.29 is 22.7 Å². The highest BCUT2D eigenvalue weighted by molar-refractivity contribution is 7.99. The van der Waals surface area contributed by atoms with Crippen molar-refractivity contribution in [2.24, 2.45) is 0 Å². The van der Waals surface area contributed by atoms with Gasteiger partial charge >= 0.3 is 0 Å². The van der Waals surface area contributed by atoms with Crippen LogP contribution in [-0.4, -0.2) is 39.5 Å². The molecule has 0 bridgehead atoms. The van der Waals surface area contributed by atoms with E-state index in [9.17, 15) is 13.2 Å². The molecule has 0 atom stereocenters. The van der Waals surface area contributed by atoms with Crippen molar-refractivity contribution in [3.63, 3.8) is 0 Å². The molecule has 2 rings (SSSR count). The Morgan fingerprint density at radius 3 is 2.40 bits per heavy atom. The van der Waals surface area contributed by atoms with Gasteiger partial charge in [-0.1, -0.05) is 13.3 Å². The molecule has 0 aromatic heterocycles. The van der Waals surface area contributed by atoms with E-state index < -0.39 is 10.0 Å². The normalized spacial score (nSPS) is 11.0. The van der Waals surface area contributed by atoms with E-state index >= 15 is 0 Å². The van der Waals surface area contributed by atoms with E-state index in [0.29, 0.717) is 29.5 Å². The summed E-state index contributed by atoms with van der Waals surface area (Å²) in [5.74, 6) is 1.89. The van der Waals surface area contributed by atoms with Gasteiger partial charge in [0.1, 0.15) is 16.4 Å². The van der Waals surface area contributed by atoms with Crippen LogP contribution in [-0.2, 0) is 14.8 Å². The first kappa shape index (κ1) is 23.9. The summed E-state index contributed by atoms with van der Waals surface area (Å²) >= 11 is 1.55. The molecule has 2 aromatic carbocycles. The average Bonchev–Trinajstić information content (AvgIpc) is 2.72. The van der Waals surface area contributed by atoms with E-state index in [4.69, 9.17) is 9.47 Å². The van der Waals surface area contributed by atoms with Gasteiger partial charge < -0.3 is 14.8 Å². The van der Waals surface area contributed by atoms with Crippen LogP contribution in [0.15, 0.2) is 47.4 Å². The maximum absolute atomic E-state index is 12.9. The number of rotatable bonds is 12. The van der Waals surface area contributed by atoms with Gasteiger partial charge in [-0.15, -0.1) is 0 Å².